The normalized spacial score (nSPS) is 47.0. The Balaban J connectivity index is 1.69. The molecule has 4 rings (SSSR count). The average molecular weight is 473 g/mol. The summed E-state index contributed by atoms with van der Waals surface area (Å²) in [6.45, 7) is 18.4. The van der Waals surface area contributed by atoms with Gasteiger partial charge in [-0.05, 0) is 92.8 Å². The van der Waals surface area contributed by atoms with Gasteiger partial charge < -0.3 is 14.9 Å². The molecule has 3 heteroatoms. The minimum Gasteiger partial charge on any atom is -0.392 e. The van der Waals surface area contributed by atoms with Crippen LogP contribution >= 0.6 is 0 Å². The zero-order valence-corrected chi connectivity index (χ0v) is 23.4. The van der Waals surface area contributed by atoms with Gasteiger partial charge in [0.15, 0.2) is 0 Å². The summed E-state index contributed by atoms with van der Waals surface area (Å²) < 4.78 is 6.32. The number of hydrogen-bond donors (Lipinski definition) is 2. The molecule has 0 aromatic carbocycles. The first-order valence-corrected chi connectivity index (χ1v) is 13.9. The fraction of sp³-hybridized carbons (Fsp3) is 0.871. The number of rotatable bonds is 5. The molecule has 0 spiro atoms. The summed E-state index contributed by atoms with van der Waals surface area (Å²) in [4.78, 5) is 0. The molecule has 34 heavy (non-hydrogen) atoms. The standard InChI is InChI=1S/C31H52O3/c1-20(11-10-15-27(2,3)33)21-14-16-31(8)26-24(34-9)19-23-22(12-13-25(32)28(23,4)5)29(26,6)17-18-30(21,31)7/h10,15,19-22,24-26,32-33H,11-14,16-18H2,1-9H3/b15-10+/t20-,21-,22-,24+,25+,26+,29+,30-,31+/m1/s1. The molecular formula is C31H52O3. The van der Waals surface area contributed by atoms with Crippen LogP contribution in [0.25, 0.3) is 0 Å². The van der Waals surface area contributed by atoms with Crippen molar-refractivity contribution in [1.29, 1.82) is 0 Å². The summed E-state index contributed by atoms with van der Waals surface area (Å²) in [5, 5.41) is 21.0. The van der Waals surface area contributed by atoms with Gasteiger partial charge in [0.25, 0.3) is 0 Å². The van der Waals surface area contributed by atoms with E-state index in [9.17, 15) is 10.2 Å². The van der Waals surface area contributed by atoms with Crippen LogP contribution in [0.1, 0.15) is 100 Å². The molecule has 0 radical (unpaired) electrons. The van der Waals surface area contributed by atoms with Crippen molar-refractivity contribution in [3.8, 4) is 0 Å². The smallest absolute Gasteiger partial charge is 0.0793 e. The lowest BCUT2D eigenvalue weighted by atomic mass is 9.38. The maximum absolute atomic E-state index is 10.9. The fourth-order valence-corrected chi connectivity index (χ4v) is 9.63. The summed E-state index contributed by atoms with van der Waals surface area (Å²) in [7, 11) is 1.90. The van der Waals surface area contributed by atoms with E-state index < -0.39 is 5.60 Å². The molecule has 3 nitrogen and oxygen atoms in total. The van der Waals surface area contributed by atoms with Crippen molar-refractivity contribution in [2.24, 2.45) is 45.3 Å². The van der Waals surface area contributed by atoms with Crippen molar-refractivity contribution in [2.45, 2.75) is 118 Å². The van der Waals surface area contributed by atoms with Gasteiger partial charge in [-0.3, -0.25) is 0 Å². The van der Waals surface area contributed by atoms with Crippen molar-refractivity contribution in [3.05, 3.63) is 23.8 Å². The first-order chi connectivity index (χ1) is 15.6. The van der Waals surface area contributed by atoms with Crippen LogP contribution in [0.2, 0.25) is 0 Å². The third kappa shape index (κ3) is 3.79. The van der Waals surface area contributed by atoms with E-state index in [0.29, 0.717) is 29.1 Å². The Hall–Kier alpha value is -0.640. The molecule has 2 N–H and O–H groups in total. The number of hydrogen-bond acceptors (Lipinski definition) is 3. The second-order valence-electron chi connectivity index (χ2n) is 14.4. The molecule has 0 amide bonds. The number of allylic oxidation sites excluding steroid dienone is 1. The largest absolute Gasteiger partial charge is 0.392 e. The molecule has 3 fully saturated rings. The number of ether oxygens (including phenoxy) is 1. The summed E-state index contributed by atoms with van der Waals surface area (Å²) in [5.74, 6) is 2.36. The van der Waals surface area contributed by atoms with Crippen LogP contribution in [0.15, 0.2) is 23.8 Å². The van der Waals surface area contributed by atoms with Crippen LogP contribution in [0.3, 0.4) is 0 Å². The number of aliphatic hydroxyl groups excluding tert-OH is 1. The van der Waals surface area contributed by atoms with Crippen LogP contribution in [-0.4, -0.2) is 35.1 Å². The Labute approximate surface area is 209 Å². The van der Waals surface area contributed by atoms with Crippen molar-refractivity contribution >= 4 is 0 Å². The molecular weight excluding hydrogens is 420 g/mol. The Morgan fingerprint density at radius 1 is 1.06 bits per heavy atom. The maximum atomic E-state index is 10.9. The van der Waals surface area contributed by atoms with E-state index in [1.807, 2.05) is 27.0 Å². The van der Waals surface area contributed by atoms with Crippen molar-refractivity contribution in [1.82, 2.24) is 0 Å². The van der Waals surface area contributed by atoms with Crippen molar-refractivity contribution in [3.63, 3.8) is 0 Å². The Morgan fingerprint density at radius 2 is 1.74 bits per heavy atom. The minimum absolute atomic E-state index is 0.120. The third-order valence-electron chi connectivity index (χ3n) is 11.8. The molecule has 4 aliphatic rings. The van der Waals surface area contributed by atoms with Gasteiger partial charge in [-0.15, -0.1) is 0 Å². The highest BCUT2D eigenvalue weighted by molar-refractivity contribution is 5.32. The van der Waals surface area contributed by atoms with Gasteiger partial charge in [-0.1, -0.05) is 65.3 Å². The first-order valence-electron chi connectivity index (χ1n) is 13.9. The monoisotopic (exact) mass is 472 g/mol. The summed E-state index contributed by atoms with van der Waals surface area (Å²) in [5.41, 5.74) is 1.31. The summed E-state index contributed by atoms with van der Waals surface area (Å²) in [6, 6.07) is 0. The Kier molecular flexibility index (Phi) is 6.57. The summed E-state index contributed by atoms with van der Waals surface area (Å²) in [6.07, 6.45) is 14.6. The maximum Gasteiger partial charge on any atom is 0.0793 e. The molecule has 0 heterocycles. The molecule has 4 aliphatic carbocycles. The molecule has 3 saturated carbocycles. The molecule has 9 atom stereocenters. The zero-order valence-electron chi connectivity index (χ0n) is 23.4. The van der Waals surface area contributed by atoms with Gasteiger partial charge >= 0.3 is 0 Å². The van der Waals surface area contributed by atoms with Gasteiger partial charge in [-0.2, -0.15) is 0 Å². The first kappa shape index (κ1) is 26.4. The van der Waals surface area contributed by atoms with Gasteiger partial charge in [0.2, 0.25) is 0 Å². The van der Waals surface area contributed by atoms with Gasteiger partial charge in [-0.25, -0.2) is 0 Å². The minimum atomic E-state index is -0.736. The molecule has 0 aromatic heterocycles. The molecule has 0 aromatic rings. The molecule has 194 valence electrons. The van der Waals surface area contributed by atoms with E-state index in [1.54, 1.807) is 0 Å². The van der Waals surface area contributed by atoms with Gasteiger partial charge in [0.1, 0.15) is 0 Å². The van der Waals surface area contributed by atoms with Crippen LogP contribution in [0.5, 0.6) is 0 Å². The fourth-order valence-electron chi connectivity index (χ4n) is 9.63. The Bertz CT molecular complexity index is 834. The van der Waals surface area contributed by atoms with E-state index in [2.05, 4.69) is 53.7 Å². The second kappa shape index (κ2) is 8.45. The van der Waals surface area contributed by atoms with Crippen molar-refractivity contribution < 1.29 is 14.9 Å². The van der Waals surface area contributed by atoms with Crippen LogP contribution < -0.4 is 0 Å². The van der Waals surface area contributed by atoms with E-state index in [4.69, 9.17) is 4.74 Å². The van der Waals surface area contributed by atoms with Crippen LogP contribution in [0, 0.1) is 45.3 Å². The second-order valence-corrected chi connectivity index (χ2v) is 14.4. The predicted molar refractivity (Wildman–Crippen MR) is 140 cm³/mol. The highest BCUT2D eigenvalue weighted by atomic mass is 16.5. The molecule has 0 unspecified atom stereocenters. The zero-order chi connectivity index (χ0) is 25.3. The topological polar surface area (TPSA) is 49.7 Å². The predicted octanol–water partition coefficient (Wildman–Crippen LogP) is 6.93. The average Bonchev–Trinajstić information content (AvgIpc) is 3.00. The highest BCUT2D eigenvalue weighted by Gasteiger charge is 2.69. The van der Waals surface area contributed by atoms with Crippen molar-refractivity contribution in [2.75, 3.05) is 7.11 Å². The van der Waals surface area contributed by atoms with E-state index in [0.717, 1.165) is 19.3 Å². The lowest BCUT2D eigenvalue weighted by molar-refractivity contribution is -0.182. The van der Waals surface area contributed by atoms with Gasteiger partial charge in [0.05, 0.1) is 17.8 Å². The lowest BCUT2D eigenvalue weighted by Gasteiger charge is -2.67. The quantitative estimate of drug-likeness (QED) is 0.427. The highest BCUT2D eigenvalue weighted by Crippen LogP contribution is 2.75. The summed E-state index contributed by atoms with van der Waals surface area (Å²) >= 11 is 0. The lowest BCUT2D eigenvalue weighted by Crippen LogP contribution is -2.63. The Morgan fingerprint density at radius 3 is 2.35 bits per heavy atom. The van der Waals surface area contributed by atoms with Crippen LogP contribution in [-0.2, 0) is 4.74 Å². The van der Waals surface area contributed by atoms with Crippen LogP contribution in [0.4, 0.5) is 0 Å². The molecule has 0 saturated heterocycles. The molecule has 0 bridgehead atoms. The number of fused-ring (bicyclic) bond motifs is 5. The van der Waals surface area contributed by atoms with E-state index >= 15 is 0 Å². The SMILES string of the molecule is CO[C@H]1C=C2[C@@H](CC[C@H](O)C2(C)C)[C@]2(C)CC[C@]3(C)[C@@H]([C@H](C)C/C=C/C(C)(C)O)CC[C@@]3(C)[C@@H]12. The van der Waals surface area contributed by atoms with E-state index in [-0.39, 0.29) is 28.5 Å². The number of aliphatic hydroxyl groups is 2. The molecule has 0 aliphatic heterocycles. The van der Waals surface area contributed by atoms with E-state index in [1.165, 1.54) is 31.3 Å². The van der Waals surface area contributed by atoms with Gasteiger partial charge in [0, 0.05) is 18.4 Å². The number of methoxy groups -OCH3 is 1. The third-order valence-corrected chi connectivity index (χ3v) is 11.8.